The second kappa shape index (κ2) is 5.27. The van der Waals surface area contributed by atoms with Crippen LogP contribution in [0.1, 0.15) is 31.9 Å². The Morgan fingerprint density at radius 1 is 1.29 bits per heavy atom. The number of phenols is 1. The van der Waals surface area contributed by atoms with Crippen molar-refractivity contribution in [3.63, 3.8) is 0 Å². The Bertz CT molecular complexity index is 576. The van der Waals surface area contributed by atoms with E-state index in [1.807, 2.05) is 0 Å². The molecule has 0 aliphatic carbocycles. The highest BCUT2D eigenvalue weighted by molar-refractivity contribution is 5.81. The zero-order valence-electron chi connectivity index (χ0n) is 12.3. The summed E-state index contributed by atoms with van der Waals surface area (Å²) in [6, 6.07) is 3.76. The Morgan fingerprint density at radius 3 is 2.52 bits per heavy atom. The van der Waals surface area contributed by atoms with Gasteiger partial charge in [0.25, 0.3) is 0 Å². The Hall–Kier alpha value is -2.24. The molecule has 1 amide bonds. The number of aromatic hydroxyl groups is 1. The van der Waals surface area contributed by atoms with Crippen LogP contribution in [0.4, 0.5) is 4.79 Å². The van der Waals surface area contributed by atoms with E-state index in [0.29, 0.717) is 0 Å². The van der Waals surface area contributed by atoms with Crippen molar-refractivity contribution < 1.29 is 24.5 Å². The fourth-order valence-electron chi connectivity index (χ4n) is 2.30. The maximum Gasteiger partial charge on any atom is 0.411 e. The van der Waals surface area contributed by atoms with Crippen molar-refractivity contribution in [1.82, 2.24) is 4.90 Å². The molecule has 21 heavy (non-hydrogen) atoms. The van der Waals surface area contributed by atoms with E-state index in [2.05, 4.69) is 0 Å². The van der Waals surface area contributed by atoms with Gasteiger partial charge in [0.2, 0.25) is 0 Å². The van der Waals surface area contributed by atoms with E-state index in [1.54, 1.807) is 26.8 Å². The van der Waals surface area contributed by atoms with Gasteiger partial charge in [0.1, 0.15) is 17.4 Å². The quantitative estimate of drug-likeness (QED) is 0.828. The molecule has 6 heteroatoms. The fourth-order valence-corrected chi connectivity index (χ4v) is 2.30. The van der Waals surface area contributed by atoms with Crippen molar-refractivity contribution in [3.8, 4) is 5.75 Å². The molecule has 6 nitrogen and oxygen atoms in total. The molecule has 2 N–H and O–H groups in total. The van der Waals surface area contributed by atoms with Crippen LogP contribution in [0.3, 0.4) is 0 Å². The highest BCUT2D eigenvalue weighted by atomic mass is 16.6. The predicted molar refractivity (Wildman–Crippen MR) is 75.0 cm³/mol. The number of carboxylic acids is 1. The van der Waals surface area contributed by atoms with Gasteiger partial charge in [-0.15, -0.1) is 0 Å². The van der Waals surface area contributed by atoms with Crippen LogP contribution in [-0.4, -0.2) is 38.8 Å². The first-order valence-corrected chi connectivity index (χ1v) is 6.70. The summed E-state index contributed by atoms with van der Waals surface area (Å²) in [6.45, 7) is 5.35. The van der Waals surface area contributed by atoms with Crippen molar-refractivity contribution in [1.29, 1.82) is 0 Å². The van der Waals surface area contributed by atoms with Crippen LogP contribution in [0, 0.1) is 0 Å². The van der Waals surface area contributed by atoms with Crippen LogP contribution >= 0.6 is 0 Å². The van der Waals surface area contributed by atoms with Crippen molar-refractivity contribution in [3.05, 3.63) is 29.3 Å². The van der Waals surface area contributed by atoms with E-state index in [0.717, 1.165) is 11.1 Å². The minimum atomic E-state index is -1.09. The third-order valence-corrected chi connectivity index (χ3v) is 3.23. The summed E-state index contributed by atoms with van der Waals surface area (Å²) < 4.78 is 5.27. The molecular weight excluding hydrogens is 274 g/mol. The lowest BCUT2D eigenvalue weighted by molar-refractivity contribution is -0.143. The van der Waals surface area contributed by atoms with Gasteiger partial charge in [-0.2, -0.15) is 0 Å². The molecular formula is C15H19NO5. The zero-order valence-corrected chi connectivity index (χ0v) is 12.3. The van der Waals surface area contributed by atoms with Crippen LogP contribution < -0.4 is 0 Å². The third-order valence-electron chi connectivity index (χ3n) is 3.23. The van der Waals surface area contributed by atoms with Gasteiger partial charge < -0.3 is 14.9 Å². The number of amides is 1. The summed E-state index contributed by atoms with van der Waals surface area (Å²) in [5.74, 6) is -1.00. The van der Waals surface area contributed by atoms with E-state index in [4.69, 9.17) is 4.74 Å². The average Bonchev–Trinajstić information content (AvgIpc) is 2.34. The number of carbonyl (C=O) groups is 2. The van der Waals surface area contributed by atoms with Gasteiger partial charge in [0.15, 0.2) is 0 Å². The van der Waals surface area contributed by atoms with Gasteiger partial charge in [-0.1, -0.05) is 6.07 Å². The topological polar surface area (TPSA) is 87.1 Å². The molecule has 0 fully saturated rings. The predicted octanol–water partition coefficient (Wildman–Crippen LogP) is 2.14. The summed E-state index contributed by atoms with van der Waals surface area (Å²) in [7, 11) is 0. The van der Waals surface area contributed by atoms with Gasteiger partial charge in [0.05, 0.1) is 6.54 Å². The molecule has 1 aromatic rings. The molecule has 0 bridgehead atoms. The lowest BCUT2D eigenvalue weighted by atomic mass is 9.94. The van der Waals surface area contributed by atoms with E-state index in [9.17, 15) is 19.8 Å². The van der Waals surface area contributed by atoms with Crippen LogP contribution in [-0.2, 0) is 22.5 Å². The highest BCUT2D eigenvalue weighted by Gasteiger charge is 2.37. The third kappa shape index (κ3) is 3.45. The number of ether oxygens (including phenoxy) is 1. The SMILES string of the molecule is CC(C)(C)OC(=O)N1Cc2ccc(O)cc2C[C@H]1C(=O)O. The molecule has 0 aromatic heterocycles. The summed E-state index contributed by atoms with van der Waals surface area (Å²) in [5, 5.41) is 18.8. The number of hydrogen-bond acceptors (Lipinski definition) is 4. The van der Waals surface area contributed by atoms with Crippen molar-refractivity contribution in [2.75, 3.05) is 0 Å². The molecule has 0 spiro atoms. The second-order valence-electron chi connectivity index (χ2n) is 6.12. The molecule has 0 unspecified atom stereocenters. The molecule has 0 saturated heterocycles. The maximum absolute atomic E-state index is 12.2. The van der Waals surface area contributed by atoms with E-state index < -0.39 is 23.7 Å². The van der Waals surface area contributed by atoms with Crippen LogP contribution in [0.5, 0.6) is 5.75 Å². The van der Waals surface area contributed by atoms with Crippen LogP contribution in [0.15, 0.2) is 18.2 Å². The fraction of sp³-hybridized carbons (Fsp3) is 0.467. The molecule has 0 saturated carbocycles. The zero-order chi connectivity index (χ0) is 15.8. The molecule has 2 rings (SSSR count). The lowest BCUT2D eigenvalue weighted by Gasteiger charge is -2.35. The Balaban J connectivity index is 2.30. The average molecular weight is 293 g/mol. The van der Waals surface area contributed by atoms with Gasteiger partial charge >= 0.3 is 12.1 Å². The Kier molecular flexibility index (Phi) is 3.80. The number of aliphatic carboxylic acids is 1. The van der Waals surface area contributed by atoms with E-state index in [-0.39, 0.29) is 18.7 Å². The molecule has 114 valence electrons. The number of benzene rings is 1. The summed E-state index contributed by atoms with van der Waals surface area (Å²) in [4.78, 5) is 24.8. The largest absolute Gasteiger partial charge is 0.508 e. The lowest BCUT2D eigenvalue weighted by Crippen LogP contribution is -2.50. The normalized spacial score (nSPS) is 18.0. The minimum Gasteiger partial charge on any atom is -0.508 e. The number of carbonyl (C=O) groups excluding carboxylic acids is 1. The summed E-state index contributed by atoms with van der Waals surface area (Å²) in [5.41, 5.74) is 0.869. The standard InChI is InChI=1S/C15H19NO5/c1-15(2,3)21-14(20)16-8-9-4-5-11(17)6-10(9)7-12(16)13(18)19/h4-6,12,17H,7-8H2,1-3H3,(H,18,19)/t12-/m0/s1. The molecule has 1 aliphatic heterocycles. The van der Waals surface area contributed by atoms with Crippen LogP contribution in [0.25, 0.3) is 0 Å². The number of rotatable bonds is 1. The number of phenolic OH excluding ortho intramolecular Hbond substituents is 1. The number of carboxylic acid groups (broad SMARTS) is 1. The maximum atomic E-state index is 12.2. The van der Waals surface area contributed by atoms with Gasteiger partial charge in [-0.3, -0.25) is 4.90 Å². The van der Waals surface area contributed by atoms with Crippen LogP contribution in [0.2, 0.25) is 0 Å². The van der Waals surface area contributed by atoms with Crippen molar-refractivity contribution in [2.45, 2.75) is 45.4 Å². The molecule has 0 radical (unpaired) electrons. The first kappa shape index (κ1) is 15.2. The van der Waals surface area contributed by atoms with Crippen molar-refractivity contribution >= 4 is 12.1 Å². The minimum absolute atomic E-state index is 0.0867. The summed E-state index contributed by atoms with van der Waals surface area (Å²) in [6.07, 6.45) is -0.494. The summed E-state index contributed by atoms with van der Waals surface area (Å²) >= 11 is 0. The van der Waals surface area contributed by atoms with E-state index in [1.165, 1.54) is 17.0 Å². The highest BCUT2D eigenvalue weighted by Crippen LogP contribution is 2.28. The molecule has 1 atom stereocenters. The number of fused-ring (bicyclic) bond motifs is 1. The second-order valence-corrected chi connectivity index (χ2v) is 6.12. The van der Waals surface area contributed by atoms with Gasteiger partial charge in [0, 0.05) is 6.42 Å². The smallest absolute Gasteiger partial charge is 0.411 e. The number of hydrogen-bond donors (Lipinski definition) is 2. The van der Waals surface area contributed by atoms with Crippen molar-refractivity contribution in [2.24, 2.45) is 0 Å². The first-order valence-electron chi connectivity index (χ1n) is 6.70. The first-order chi connectivity index (χ1) is 9.67. The monoisotopic (exact) mass is 293 g/mol. The van der Waals surface area contributed by atoms with Gasteiger partial charge in [-0.25, -0.2) is 9.59 Å². The molecule has 1 heterocycles. The Morgan fingerprint density at radius 2 is 1.95 bits per heavy atom. The molecule has 1 aliphatic rings. The Labute approximate surface area is 122 Å². The molecule has 1 aromatic carbocycles. The number of nitrogens with zero attached hydrogens (tertiary/aromatic N) is 1. The van der Waals surface area contributed by atoms with Gasteiger partial charge in [-0.05, 0) is 44.0 Å². The van der Waals surface area contributed by atoms with E-state index >= 15 is 0 Å².